The molecule has 142 valence electrons. The van der Waals surface area contributed by atoms with Crippen molar-refractivity contribution in [3.8, 4) is 0 Å². The fraction of sp³-hybridized carbons (Fsp3) is 0.619. The monoisotopic (exact) mass is 364 g/mol. The highest BCUT2D eigenvalue weighted by atomic mass is 19.4. The normalized spacial score (nSPS) is 28.5. The van der Waals surface area contributed by atoms with E-state index in [9.17, 15) is 13.2 Å². The first-order valence-corrected chi connectivity index (χ1v) is 9.58. The van der Waals surface area contributed by atoms with Gasteiger partial charge in [-0.05, 0) is 48.3 Å². The molecule has 5 rings (SSSR count). The lowest BCUT2D eigenvalue weighted by Gasteiger charge is -2.57. The molecule has 0 unspecified atom stereocenters. The van der Waals surface area contributed by atoms with Crippen molar-refractivity contribution in [1.82, 2.24) is 4.90 Å². The summed E-state index contributed by atoms with van der Waals surface area (Å²) in [6.07, 6.45) is 0.716. The molecular weight excluding hydrogens is 337 g/mol. The van der Waals surface area contributed by atoms with E-state index in [1.54, 1.807) is 11.6 Å². The minimum atomic E-state index is -4.28. The number of hydrogen-bond acceptors (Lipinski definition) is 2. The van der Waals surface area contributed by atoms with E-state index in [1.807, 2.05) is 0 Å². The zero-order valence-electron chi connectivity index (χ0n) is 15.5. The zero-order valence-corrected chi connectivity index (χ0v) is 15.5. The lowest BCUT2D eigenvalue weighted by atomic mass is 9.49. The standard InChI is InChI=1S/C21H27F3N2/c1-20(2)16-7-6-15(19(20)13-16)14-25-8-10-26(11-9-25)18-5-3-4-17(12-18)21(22,23)24/h3-6,12,16,19H,7-11,13-14H2,1-2H3/t16-,19-/m1/s1. The summed E-state index contributed by atoms with van der Waals surface area (Å²) in [6.45, 7) is 9.19. The molecule has 1 heterocycles. The number of allylic oxidation sites excluding steroid dienone is 1. The number of fused-ring (bicyclic) bond motifs is 1. The molecule has 1 saturated heterocycles. The van der Waals surface area contributed by atoms with E-state index in [1.165, 1.54) is 25.0 Å². The molecule has 0 amide bonds. The summed E-state index contributed by atoms with van der Waals surface area (Å²) in [4.78, 5) is 4.54. The number of hydrogen-bond donors (Lipinski definition) is 0. The van der Waals surface area contributed by atoms with Gasteiger partial charge in [-0.25, -0.2) is 0 Å². The van der Waals surface area contributed by atoms with Crippen molar-refractivity contribution >= 4 is 5.69 Å². The number of benzene rings is 1. The first kappa shape index (κ1) is 17.9. The third kappa shape index (κ3) is 3.15. The van der Waals surface area contributed by atoms with Crippen LogP contribution in [-0.2, 0) is 6.18 Å². The Morgan fingerprint density at radius 2 is 1.85 bits per heavy atom. The quantitative estimate of drug-likeness (QED) is 0.710. The van der Waals surface area contributed by atoms with Crippen LogP contribution >= 0.6 is 0 Å². The molecule has 2 nitrogen and oxygen atoms in total. The molecule has 0 radical (unpaired) electrons. The molecule has 0 aromatic heterocycles. The van der Waals surface area contributed by atoms with Crippen LogP contribution in [0.5, 0.6) is 0 Å². The SMILES string of the molecule is CC1(C)[C@@H]2CC=C(CN3CCN(c4cccc(C(F)(F)F)c4)CC3)[C@H]1C2. The smallest absolute Gasteiger partial charge is 0.369 e. The summed E-state index contributed by atoms with van der Waals surface area (Å²) >= 11 is 0. The second-order valence-corrected chi connectivity index (χ2v) is 8.63. The Bertz CT molecular complexity index is 699. The third-order valence-corrected chi connectivity index (χ3v) is 6.90. The van der Waals surface area contributed by atoms with Crippen molar-refractivity contribution in [3.63, 3.8) is 0 Å². The largest absolute Gasteiger partial charge is 0.416 e. The average molecular weight is 364 g/mol. The molecule has 26 heavy (non-hydrogen) atoms. The van der Waals surface area contributed by atoms with Crippen LogP contribution in [0.2, 0.25) is 0 Å². The number of nitrogens with zero attached hydrogens (tertiary/aromatic N) is 2. The van der Waals surface area contributed by atoms with Crippen molar-refractivity contribution < 1.29 is 13.2 Å². The summed E-state index contributed by atoms with van der Waals surface area (Å²) in [7, 11) is 0. The van der Waals surface area contributed by atoms with E-state index < -0.39 is 11.7 Å². The first-order chi connectivity index (χ1) is 12.2. The van der Waals surface area contributed by atoms with Crippen molar-refractivity contribution in [3.05, 3.63) is 41.5 Å². The molecule has 2 atom stereocenters. The number of anilines is 1. The molecule has 1 aromatic carbocycles. The van der Waals surface area contributed by atoms with Gasteiger partial charge in [-0.1, -0.05) is 31.6 Å². The Morgan fingerprint density at radius 3 is 2.46 bits per heavy atom. The van der Waals surface area contributed by atoms with E-state index in [2.05, 4.69) is 29.7 Å². The highest BCUT2D eigenvalue weighted by Gasteiger charge is 2.51. The number of halogens is 3. The van der Waals surface area contributed by atoms with E-state index >= 15 is 0 Å². The van der Waals surface area contributed by atoms with Crippen LogP contribution in [-0.4, -0.2) is 37.6 Å². The van der Waals surface area contributed by atoms with E-state index in [4.69, 9.17) is 0 Å². The maximum Gasteiger partial charge on any atom is 0.416 e. The summed E-state index contributed by atoms with van der Waals surface area (Å²) in [6, 6.07) is 5.71. The Morgan fingerprint density at radius 1 is 1.12 bits per heavy atom. The predicted octanol–water partition coefficient (Wildman–Crippen LogP) is 4.82. The highest BCUT2D eigenvalue weighted by molar-refractivity contribution is 5.49. The Hall–Kier alpha value is -1.49. The van der Waals surface area contributed by atoms with Gasteiger partial charge < -0.3 is 4.90 Å². The van der Waals surface area contributed by atoms with Gasteiger partial charge in [-0.3, -0.25) is 4.90 Å². The van der Waals surface area contributed by atoms with Crippen LogP contribution in [0.3, 0.4) is 0 Å². The van der Waals surface area contributed by atoms with Gasteiger partial charge >= 0.3 is 6.18 Å². The van der Waals surface area contributed by atoms with Crippen molar-refractivity contribution in [2.45, 2.75) is 32.9 Å². The molecule has 1 saturated carbocycles. The van der Waals surface area contributed by atoms with Crippen LogP contribution in [0, 0.1) is 17.3 Å². The summed E-state index contributed by atoms with van der Waals surface area (Å²) in [5.74, 6) is 1.58. The van der Waals surface area contributed by atoms with Gasteiger partial charge in [-0.2, -0.15) is 13.2 Å². The van der Waals surface area contributed by atoms with E-state index in [0.29, 0.717) is 11.1 Å². The molecule has 3 aliphatic carbocycles. The van der Waals surface area contributed by atoms with Gasteiger partial charge in [0.15, 0.2) is 0 Å². The zero-order chi connectivity index (χ0) is 18.5. The molecule has 4 aliphatic rings. The average Bonchev–Trinajstić information content (AvgIpc) is 2.62. The van der Waals surface area contributed by atoms with E-state index in [-0.39, 0.29) is 0 Å². The molecule has 2 fully saturated rings. The van der Waals surface area contributed by atoms with Gasteiger partial charge in [0.05, 0.1) is 5.56 Å². The molecule has 0 N–H and O–H groups in total. The van der Waals surface area contributed by atoms with Gasteiger partial charge in [0.2, 0.25) is 0 Å². The lowest BCUT2D eigenvalue weighted by Crippen LogP contribution is -2.52. The topological polar surface area (TPSA) is 6.48 Å². The van der Waals surface area contributed by atoms with Gasteiger partial charge in [0, 0.05) is 38.4 Å². The Labute approximate surface area is 153 Å². The molecule has 2 bridgehead atoms. The third-order valence-electron chi connectivity index (χ3n) is 6.90. The molecule has 1 aromatic rings. The molecule has 0 spiro atoms. The second-order valence-electron chi connectivity index (χ2n) is 8.63. The minimum Gasteiger partial charge on any atom is -0.369 e. The first-order valence-electron chi connectivity index (χ1n) is 9.58. The van der Waals surface area contributed by atoms with Crippen LogP contribution in [0.15, 0.2) is 35.9 Å². The lowest BCUT2D eigenvalue weighted by molar-refractivity contribution is -0.137. The van der Waals surface area contributed by atoms with E-state index in [0.717, 1.165) is 50.6 Å². The Kier molecular flexibility index (Phi) is 4.33. The maximum atomic E-state index is 12.9. The van der Waals surface area contributed by atoms with Gasteiger partial charge in [0.1, 0.15) is 0 Å². The van der Waals surface area contributed by atoms with Crippen LogP contribution in [0.1, 0.15) is 32.3 Å². The highest BCUT2D eigenvalue weighted by Crippen LogP contribution is 2.59. The van der Waals surface area contributed by atoms with Crippen molar-refractivity contribution in [2.24, 2.45) is 17.3 Å². The fourth-order valence-electron chi connectivity index (χ4n) is 4.96. The van der Waals surface area contributed by atoms with Gasteiger partial charge in [-0.15, -0.1) is 0 Å². The maximum absolute atomic E-state index is 12.9. The van der Waals surface area contributed by atoms with Crippen LogP contribution in [0.4, 0.5) is 18.9 Å². The predicted molar refractivity (Wildman–Crippen MR) is 98.2 cm³/mol. The van der Waals surface area contributed by atoms with Crippen LogP contribution < -0.4 is 4.90 Å². The summed E-state index contributed by atoms with van der Waals surface area (Å²) in [5, 5.41) is 0. The minimum absolute atomic E-state index is 0.448. The number of alkyl halides is 3. The number of rotatable bonds is 3. The number of piperazine rings is 1. The van der Waals surface area contributed by atoms with Crippen LogP contribution in [0.25, 0.3) is 0 Å². The summed E-state index contributed by atoms with van der Waals surface area (Å²) < 4.78 is 38.8. The van der Waals surface area contributed by atoms with Crippen molar-refractivity contribution in [1.29, 1.82) is 0 Å². The second kappa shape index (κ2) is 6.29. The Balaban J connectivity index is 1.36. The summed E-state index contributed by atoms with van der Waals surface area (Å²) in [5.41, 5.74) is 2.15. The van der Waals surface area contributed by atoms with Crippen molar-refractivity contribution in [2.75, 3.05) is 37.6 Å². The fourth-order valence-corrected chi connectivity index (χ4v) is 4.96. The molecule has 5 heteroatoms. The van der Waals surface area contributed by atoms with Gasteiger partial charge in [0.25, 0.3) is 0 Å². The molecule has 1 aliphatic heterocycles. The molecular formula is C21H27F3N2.